The first-order valence-electron chi connectivity index (χ1n) is 14.1. The van der Waals surface area contributed by atoms with Gasteiger partial charge in [0.15, 0.2) is 0 Å². The van der Waals surface area contributed by atoms with Gasteiger partial charge in [0.1, 0.15) is 0 Å². The van der Waals surface area contributed by atoms with Crippen molar-refractivity contribution < 1.29 is 18.3 Å². The minimum atomic E-state index is -3.52. The van der Waals surface area contributed by atoms with Crippen LogP contribution in [0.25, 0.3) is 10.9 Å². The Hall–Kier alpha value is -3.66. The Balaban J connectivity index is 1.42. The smallest absolute Gasteiger partial charge is 0.251 e. The predicted molar refractivity (Wildman–Crippen MR) is 164 cm³/mol. The molecule has 0 aliphatic carbocycles. The summed E-state index contributed by atoms with van der Waals surface area (Å²) in [6.45, 7) is 5.36. The Morgan fingerprint density at radius 1 is 1.05 bits per heavy atom. The highest BCUT2D eigenvalue weighted by Gasteiger charge is 2.29. The molecule has 0 spiro atoms. The Kier molecular flexibility index (Phi) is 8.49. The van der Waals surface area contributed by atoms with E-state index in [2.05, 4.69) is 29.7 Å². The van der Waals surface area contributed by atoms with Crippen LogP contribution in [0.2, 0.25) is 0 Å². The summed E-state index contributed by atoms with van der Waals surface area (Å²) in [6, 6.07) is 20.8. The number of benzene rings is 3. The molecule has 216 valence electrons. The Bertz CT molecular complexity index is 1650. The lowest BCUT2D eigenvalue weighted by Crippen LogP contribution is -2.48. The van der Waals surface area contributed by atoms with Gasteiger partial charge in [-0.2, -0.15) is 0 Å². The third-order valence-electron chi connectivity index (χ3n) is 8.03. The predicted octanol–water partition coefficient (Wildman–Crippen LogP) is 3.78. The van der Waals surface area contributed by atoms with E-state index in [1.54, 1.807) is 13.1 Å². The molecule has 0 fully saturated rings. The van der Waals surface area contributed by atoms with E-state index >= 15 is 0 Å². The van der Waals surface area contributed by atoms with E-state index in [0.29, 0.717) is 37.3 Å². The molecule has 2 heterocycles. The van der Waals surface area contributed by atoms with Crippen LogP contribution >= 0.6 is 0 Å². The number of aliphatic hydroxyl groups excluding tert-OH is 1. The fourth-order valence-corrected chi connectivity index (χ4v) is 6.67. The van der Waals surface area contributed by atoms with Crippen molar-refractivity contribution in [1.82, 2.24) is 15.2 Å². The van der Waals surface area contributed by atoms with Gasteiger partial charge in [-0.1, -0.05) is 61.5 Å². The van der Waals surface area contributed by atoms with Gasteiger partial charge in [0, 0.05) is 43.8 Å². The van der Waals surface area contributed by atoms with Crippen LogP contribution in [0.15, 0.2) is 72.9 Å². The molecule has 3 aromatic carbocycles. The van der Waals surface area contributed by atoms with Crippen molar-refractivity contribution in [3.8, 4) is 0 Å². The minimum Gasteiger partial charge on any atom is -0.390 e. The fourth-order valence-electron chi connectivity index (χ4n) is 5.53. The van der Waals surface area contributed by atoms with Crippen molar-refractivity contribution >= 4 is 32.5 Å². The van der Waals surface area contributed by atoms with Gasteiger partial charge in [-0.15, -0.1) is 0 Å². The second-order valence-corrected chi connectivity index (χ2v) is 12.9. The van der Waals surface area contributed by atoms with E-state index in [4.69, 9.17) is 0 Å². The quantitative estimate of drug-likeness (QED) is 0.268. The van der Waals surface area contributed by atoms with E-state index in [1.807, 2.05) is 66.2 Å². The van der Waals surface area contributed by atoms with Gasteiger partial charge in [-0.05, 0) is 54.2 Å². The first kappa shape index (κ1) is 28.9. The second-order valence-electron chi connectivity index (χ2n) is 10.8. The molecule has 4 aromatic rings. The number of aliphatic hydroxyl groups is 1. The molecule has 1 amide bonds. The van der Waals surface area contributed by atoms with E-state index in [0.717, 1.165) is 34.0 Å². The summed E-state index contributed by atoms with van der Waals surface area (Å²) in [5.74, 6) is -0.361. The zero-order valence-corrected chi connectivity index (χ0v) is 24.6. The number of nitrogens with zero attached hydrogens (tertiary/aromatic N) is 2. The van der Waals surface area contributed by atoms with Gasteiger partial charge >= 0.3 is 0 Å². The molecule has 41 heavy (non-hydrogen) atoms. The van der Waals surface area contributed by atoms with E-state index in [9.17, 15) is 18.3 Å². The van der Waals surface area contributed by atoms with Crippen molar-refractivity contribution in [3.63, 3.8) is 0 Å². The number of amides is 1. The molecule has 0 bridgehead atoms. The average molecular weight is 575 g/mol. The minimum absolute atomic E-state index is 0.00646. The molecule has 0 saturated heterocycles. The molecule has 2 atom stereocenters. The number of sulfonamides is 1. The maximum atomic E-state index is 13.8. The highest BCUT2D eigenvalue weighted by Crippen LogP contribution is 2.35. The molecular formula is C32H38N4O4S. The molecule has 0 saturated carbocycles. The van der Waals surface area contributed by atoms with Crippen LogP contribution in [-0.4, -0.2) is 55.5 Å². The lowest BCUT2D eigenvalue weighted by molar-refractivity contribution is 0.0830. The molecule has 5 rings (SSSR count). The van der Waals surface area contributed by atoms with Crippen LogP contribution in [0.3, 0.4) is 0 Å². The van der Waals surface area contributed by atoms with Gasteiger partial charge < -0.3 is 20.3 Å². The third kappa shape index (κ3) is 6.17. The van der Waals surface area contributed by atoms with Crippen LogP contribution in [0.4, 0.5) is 5.69 Å². The van der Waals surface area contributed by atoms with Gasteiger partial charge in [-0.3, -0.25) is 9.10 Å². The number of aromatic nitrogens is 1. The van der Waals surface area contributed by atoms with Crippen LogP contribution in [0, 0.1) is 6.92 Å². The zero-order valence-electron chi connectivity index (χ0n) is 23.8. The van der Waals surface area contributed by atoms with Crippen molar-refractivity contribution in [2.24, 2.45) is 0 Å². The van der Waals surface area contributed by atoms with Gasteiger partial charge in [0.25, 0.3) is 5.91 Å². The Labute approximate surface area is 242 Å². The molecule has 0 unspecified atom stereocenters. The summed E-state index contributed by atoms with van der Waals surface area (Å²) in [5, 5.41) is 18.5. The Morgan fingerprint density at radius 3 is 2.51 bits per heavy atom. The molecule has 1 aromatic heterocycles. The van der Waals surface area contributed by atoms with Crippen molar-refractivity contribution in [2.45, 2.75) is 51.9 Å². The average Bonchev–Trinajstić information content (AvgIpc) is 3.30. The summed E-state index contributed by atoms with van der Waals surface area (Å²) in [6.07, 6.45) is 2.34. The lowest BCUT2D eigenvalue weighted by Gasteiger charge is -2.25. The standard InChI is InChI=1S/C32H38N4O4S/c1-4-24-21-36-14-15-41(39,40)35(3)29-18-26(17-27(24)31(29)36)32(38)34-28(16-23-11-6-5-7-12-23)30(37)20-33-19-25-13-9-8-10-22(25)2/h5-13,17-18,21,28,30,33,37H,4,14-16,19-20H2,1-3H3,(H,34,38)/t28-,30+/m0/s1. The highest BCUT2D eigenvalue weighted by atomic mass is 32.2. The molecule has 8 nitrogen and oxygen atoms in total. The summed E-state index contributed by atoms with van der Waals surface area (Å²) < 4.78 is 29.1. The number of aryl methyl sites for hydroxylation is 3. The van der Waals surface area contributed by atoms with E-state index < -0.39 is 22.2 Å². The number of carbonyl (C=O) groups excluding carboxylic acids is 1. The van der Waals surface area contributed by atoms with E-state index in [-0.39, 0.29) is 11.7 Å². The largest absolute Gasteiger partial charge is 0.390 e. The number of carbonyl (C=O) groups is 1. The number of anilines is 1. The van der Waals surface area contributed by atoms with Crippen molar-refractivity contribution in [3.05, 3.63) is 101 Å². The number of nitrogens with one attached hydrogen (secondary N) is 2. The molecule has 3 N–H and O–H groups in total. The first-order valence-corrected chi connectivity index (χ1v) is 15.7. The van der Waals surface area contributed by atoms with Crippen LogP contribution in [-0.2, 0) is 36.0 Å². The van der Waals surface area contributed by atoms with Crippen LogP contribution < -0.4 is 14.9 Å². The molecular weight excluding hydrogens is 536 g/mol. The summed E-state index contributed by atoms with van der Waals surface area (Å²) >= 11 is 0. The SMILES string of the molecule is CCc1cn2c3c(cc(C(=O)N[C@@H](Cc4ccccc4)[C@H](O)CNCc4ccccc4C)cc13)N(C)S(=O)(=O)CC2. The highest BCUT2D eigenvalue weighted by molar-refractivity contribution is 7.92. The first-order chi connectivity index (χ1) is 19.7. The molecule has 1 aliphatic rings. The monoisotopic (exact) mass is 574 g/mol. The van der Waals surface area contributed by atoms with Gasteiger partial charge in [-0.25, -0.2) is 8.42 Å². The molecule has 9 heteroatoms. The third-order valence-corrected chi connectivity index (χ3v) is 9.76. The second kappa shape index (κ2) is 12.1. The Morgan fingerprint density at radius 2 is 1.78 bits per heavy atom. The molecule has 0 radical (unpaired) electrons. The maximum absolute atomic E-state index is 13.8. The van der Waals surface area contributed by atoms with Crippen molar-refractivity contribution in [2.75, 3.05) is 23.7 Å². The van der Waals surface area contributed by atoms with Crippen LogP contribution in [0.5, 0.6) is 0 Å². The normalized spacial score (nSPS) is 15.9. The van der Waals surface area contributed by atoms with Crippen LogP contribution in [0.1, 0.15) is 39.5 Å². The maximum Gasteiger partial charge on any atom is 0.251 e. The summed E-state index contributed by atoms with van der Waals surface area (Å²) in [7, 11) is -1.98. The number of hydrogen-bond acceptors (Lipinski definition) is 5. The van der Waals surface area contributed by atoms with Crippen molar-refractivity contribution in [1.29, 1.82) is 0 Å². The van der Waals surface area contributed by atoms with Gasteiger partial charge in [0.05, 0.1) is 29.1 Å². The zero-order chi connectivity index (χ0) is 29.1. The lowest BCUT2D eigenvalue weighted by atomic mass is 9.99. The molecule has 1 aliphatic heterocycles. The van der Waals surface area contributed by atoms with E-state index in [1.165, 1.54) is 9.87 Å². The number of rotatable bonds is 10. The summed E-state index contributed by atoms with van der Waals surface area (Å²) in [4.78, 5) is 13.8. The topological polar surface area (TPSA) is 104 Å². The number of hydrogen-bond donors (Lipinski definition) is 3. The summed E-state index contributed by atoms with van der Waals surface area (Å²) in [5.41, 5.74) is 6.05. The fraction of sp³-hybridized carbons (Fsp3) is 0.344. The van der Waals surface area contributed by atoms with Gasteiger partial charge in [0.2, 0.25) is 10.0 Å².